The van der Waals surface area contributed by atoms with Crippen LogP contribution in [0.15, 0.2) is 64.6 Å². The van der Waals surface area contributed by atoms with Crippen LogP contribution < -0.4 is 29.2 Å². The highest BCUT2D eigenvalue weighted by Crippen LogP contribution is 2.39. The van der Waals surface area contributed by atoms with Gasteiger partial charge in [-0.25, -0.2) is 14.1 Å². The van der Waals surface area contributed by atoms with Crippen molar-refractivity contribution in [2.45, 2.75) is 6.61 Å². The molecule has 37 heavy (non-hydrogen) atoms. The summed E-state index contributed by atoms with van der Waals surface area (Å²) in [5.74, 6) is -0.504. The molecule has 5 rings (SSSR count). The van der Waals surface area contributed by atoms with Crippen molar-refractivity contribution in [2.75, 3.05) is 18.8 Å². The zero-order valence-corrected chi connectivity index (χ0v) is 20.8. The molecule has 0 atom stereocenters. The minimum absolute atomic E-state index is 0.0290. The van der Waals surface area contributed by atoms with Gasteiger partial charge in [0.25, 0.3) is 11.8 Å². The van der Waals surface area contributed by atoms with E-state index >= 15 is 0 Å². The number of rotatable bonds is 6. The lowest BCUT2D eigenvalue weighted by atomic mass is 10.1. The predicted octanol–water partition coefficient (Wildman–Crippen LogP) is 4.57. The number of halogens is 2. The summed E-state index contributed by atoms with van der Waals surface area (Å²) >= 11 is 3.42. The van der Waals surface area contributed by atoms with E-state index in [2.05, 4.69) is 21.2 Å². The normalized spacial score (nSPS) is 15.7. The number of imide groups is 2. The van der Waals surface area contributed by atoms with Crippen molar-refractivity contribution < 1.29 is 37.7 Å². The summed E-state index contributed by atoms with van der Waals surface area (Å²) in [5, 5.41) is 2.18. The van der Waals surface area contributed by atoms with Crippen molar-refractivity contribution in [3.63, 3.8) is 0 Å². The van der Waals surface area contributed by atoms with Gasteiger partial charge in [0.05, 0.1) is 17.3 Å². The van der Waals surface area contributed by atoms with Gasteiger partial charge in [-0.3, -0.25) is 14.9 Å². The van der Waals surface area contributed by atoms with E-state index in [1.807, 2.05) is 0 Å². The summed E-state index contributed by atoms with van der Waals surface area (Å²) in [7, 11) is 1.44. The van der Waals surface area contributed by atoms with Gasteiger partial charge in [-0.05, 0) is 69.5 Å². The van der Waals surface area contributed by atoms with E-state index in [1.54, 1.807) is 30.3 Å². The monoisotopic (exact) mass is 568 g/mol. The number of fused-ring (bicyclic) bond motifs is 1. The molecule has 0 saturated carbocycles. The Kier molecular flexibility index (Phi) is 6.53. The molecular formula is C26H18BrFN2O7. The number of benzene rings is 3. The zero-order chi connectivity index (χ0) is 26.1. The molecule has 11 heteroatoms. The molecule has 0 spiro atoms. The second kappa shape index (κ2) is 9.94. The van der Waals surface area contributed by atoms with Gasteiger partial charge in [0.1, 0.15) is 18.0 Å². The second-order valence-corrected chi connectivity index (χ2v) is 8.80. The van der Waals surface area contributed by atoms with Crippen LogP contribution in [-0.4, -0.2) is 31.7 Å². The molecule has 0 radical (unpaired) electrons. The number of ether oxygens (including phenoxy) is 4. The van der Waals surface area contributed by atoms with Crippen LogP contribution in [0.1, 0.15) is 11.1 Å². The fourth-order valence-electron chi connectivity index (χ4n) is 3.83. The number of carbonyl (C=O) groups excluding carboxylic acids is 3. The average molecular weight is 569 g/mol. The van der Waals surface area contributed by atoms with Crippen LogP contribution in [0.2, 0.25) is 0 Å². The molecule has 2 aliphatic rings. The minimum Gasteiger partial charge on any atom is -0.493 e. The van der Waals surface area contributed by atoms with Crippen molar-refractivity contribution in [1.29, 1.82) is 0 Å². The van der Waals surface area contributed by atoms with E-state index < -0.39 is 17.8 Å². The fourth-order valence-corrected chi connectivity index (χ4v) is 4.40. The Morgan fingerprint density at radius 2 is 1.89 bits per heavy atom. The molecule has 2 heterocycles. The third-order valence-electron chi connectivity index (χ3n) is 5.55. The molecule has 3 aromatic rings. The summed E-state index contributed by atoms with van der Waals surface area (Å²) in [4.78, 5) is 39.2. The zero-order valence-electron chi connectivity index (χ0n) is 19.2. The number of anilines is 1. The van der Waals surface area contributed by atoms with Gasteiger partial charge in [-0.2, -0.15) is 0 Å². The number of amides is 4. The Hall–Kier alpha value is -4.38. The highest BCUT2D eigenvalue weighted by molar-refractivity contribution is 9.10. The number of nitrogens with zero attached hydrogens (tertiary/aromatic N) is 1. The first kappa shape index (κ1) is 24.3. The Morgan fingerprint density at radius 3 is 2.68 bits per heavy atom. The van der Waals surface area contributed by atoms with E-state index in [-0.39, 0.29) is 30.5 Å². The van der Waals surface area contributed by atoms with Crippen LogP contribution in [-0.2, 0) is 16.2 Å². The highest BCUT2D eigenvalue weighted by atomic mass is 79.9. The number of urea groups is 1. The number of methoxy groups -OCH3 is 1. The van der Waals surface area contributed by atoms with E-state index in [0.717, 1.165) is 4.90 Å². The van der Waals surface area contributed by atoms with Gasteiger partial charge in [-0.1, -0.05) is 12.1 Å². The van der Waals surface area contributed by atoms with E-state index in [9.17, 15) is 18.8 Å². The van der Waals surface area contributed by atoms with Crippen LogP contribution >= 0.6 is 15.9 Å². The molecule has 1 N–H and O–H groups in total. The summed E-state index contributed by atoms with van der Waals surface area (Å²) in [5.41, 5.74) is 1.00. The van der Waals surface area contributed by atoms with E-state index in [1.165, 1.54) is 37.5 Å². The predicted molar refractivity (Wildman–Crippen MR) is 133 cm³/mol. The van der Waals surface area contributed by atoms with Gasteiger partial charge < -0.3 is 18.9 Å². The molecule has 9 nitrogen and oxygen atoms in total. The molecular weight excluding hydrogens is 551 g/mol. The number of hydrogen-bond donors (Lipinski definition) is 1. The maximum Gasteiger partial charge on any atom is 0.335 e. The van der Waals surface area contributed by atoms with Gasteiger partial charge >= 0.3 is 6.03 Å². The lowest BCUT2D eigenvalue weighted by Crippen LogP contribution is -2.54. The molecule has 0 unspecified atom stereocenters. The standard InChI is InChI=1S/C26H18BrFN2O7/c1-34-22-10-15(9-19(27)23(22)35-12-14-3-2-4-16(28)7-14)8-18-24(31)29-26(33)30(25(18)32)17-5-6-20-21(11-17)37-13-36-20/h2-11H,12-13H2,1H3,(H,29,31,33)/b18-8+. The Morgan fingerprint density at radius 1 is 1.08 bits per heavy atom. The fraction of sp³-hybridized carbons (Fsp3) is 0.115. The largest absolute Gasteiger partial charge is 0.493 e. The molecule has 1 fully saturated rings. The van der Waals surface area contributed by atoms with E-state index in [4.69, 9.17) is 18.9 Å². The molecule has 3 aromatic carbocycles. The number of barbiturate groups is 1. The van der Waals surface area contributed by atoms with E-state index in [0.29, 0.717) is 38.6 Å². The molecule has 1 saturated heterocycles. The topological polar surface area (TPSA) is 103 Å². The van der Waals surface area contributed by atoms with Crippen molar-refractivity contribution in [3.8, 4) is 23.0 Å². The summed E-state index contributed by atoms with van der Waals surface area (Å²) in [6.07, 6.45) is 1.34. The van der Waals surface area contributed by atoms with Gasteiger partial charge in [0.15, 0.2) is 23.0 Å². The second-order valence-electron chi connectivity index (χ2n) is 7.95. The summed E-state index contributed by atoms with van der Waals surface area (Å²) in [6, 6.07) is 12.9. The summed E-state index contributed by atoms with van der Waals surface area (Å²) in [6.45, 7) is 0.113. The quantitative estimate of drug-likeness (QED) is 0.343. The summed E-state index contributed by atoms with van der Waals surface area (Å²) < 4.78 is 35.8. The number of nitrogens with one attached hydrogen (secondary N) is 1. The highest BCUT2D eigenvalue weighted by Gasteiger charge is 2.37. The van der Waals surface area contributed by atoms with Crippen molar-refractivity contribution in [3.05, 3.63) is 81.6 Å². The van der Waals surface area contributed by atoms with Gasteiger partial charge in [0, 0.05) is 6.07 Å². The van der Waals surface area contributed by atoms with Gasteiger partial charge in [-0.15, -0.1) is 0 Å². The minimum atomic E-state index is -0.883. The number of carbonyl (C=O) groups is 3. The number of hydrogen-bond acceptors (Lipinski definition) is 7. The smallest absolute Gasteiger partial charge is 0.335 e. The van der Waals surface area contributed by atoms with Crippen LogP contribution in [0.3, 0.4) is 0 Å². The lowest BCUT2D eigenvalue weighted by molar-refractivity contribution is -0.122. The van der Waals surface area contributed by atoms with Crippen LogP contribution in [0.4, 0.5) is 14.9 Å². The molecule has 2 aliphatic heterocycles. The first-order chi connectivity index (χ1) is 17.8. The third-order valence-corrected chi connectivity index (χ3v) is 6.14. The van der Waals surface area contributed by atoms with Crippen molar-refractivity contribution >= 4 is 45.5 Å². The Bertz CT molecular complexity index is 1470. The van der Waals surface area contributed by atoms with Crippen molar-refractivity contribution in [2.24, 2.45) is 0 Å². The first-order valence-corrected chi connectivity index (χ1v) is 11.7. The maximum absolute atomic E-state index is 13.5. The Labute approximate surface area is 218 Å². The molecule has 0 bridgehead atoms. The third kappa shape index (κ3) is 4.85. The van der Waals surface area contributed by atoms with Crippen LogP contribution in [0.5, 0.6) is 23.0 Å². The maximum atomic E-state index is 13.5. The average Bonchev–Trinajstić information content (AvgIpc) is 3.33. The SMILES string of the molecule is COc1cc(/C=C2\C(=O)NC(=O)N(c3ccc4c(c3)OCO4)C2=O)cc(Br)c1OCc1cccc(F)c1. The Balaban J connectivity index is 1.43. The lowest BCUT2D eigenvalue weighted by Gasteiger charge is -2.26. The van der Waals surface area contributed by atoms with Crippen molar-refractivity contribution in [1.82, 2.24) is 5.32 Å². The van der Waals surface area contributed by atoms with Crippen LogP contribution in [0, 0.1) is 5.82 Å². The van der Waals surface area contributed by atoms with Crippen LogP contribution in [0.25, 0.3) is 6.08 Å². The molecule has 0 aliphatic carbocycles. The van der Waals surface area contributed by atoms with Gasteiger partial charge in [0.2, 0.25) is 6.79 Å². The first-order valence-electron chi connectivity index (χ1n) is 10.9. The molecule has 0 aromatic heterocycles. The molecule has 4 amide bonds. The molecule has 188 valence electrons.